The first-order valence-electron chi connectivity index (χ1n) is 9.65. The van der Waals surface area contributed by atoms with Crippen LogP contribution in [-0.2, 0) is 27.8 Å². The van der Waals surface area contributed by atoms with Crippen LogP contribution in [0.3, 0.4) is 0 Å². The minimum atomic E-state index is -3.77. The van der Waals surface area contributed by atoms with E-state index in [9.17, 15) is 13.2 Å². The first kappa shape index (κ1) is 21.4. The summed E-state index contributed by atoms with van der Waals surface area (Å²) in [6, 6.07) is 4.72. The van der Waals surface area contributed by atoms with Crippen LogP contribution in [-0.4, -0.2) is 30.4 Å². The first-order valence-corrected chi connectivity index (χ1v) is 11.2. The molecule has 7 nitrogen and oxygen atoms in total. The largest absolute Gasteiger partial charge is 0.356 e. The van der Waals surface area contributed by atoms with E-state index in [0.29, 0.717) is 24.9 Å². The number of sulfonamides is 1. The van der Waals surface area contributed by atoms with Crippen molar-refractivity contribution in [2.75, 3.05) is 6.54 Å². The van der Waals surface area contributed by atoms with Gasteiger partial charge in [-0.15, -0.1) is 0 Å². The number of imidazole rings is 1. The SMILES string of the molecule is CCCCCCNC(=O)CCc1nc2cc(S(N)(=O)=O)ccc2n1CCC. The number of fused-ring (bicyclic) bond motifs is 1. The number of aryl methyl sites for hydroxylation is 2. The maximum atomic E-state index is 12.1. The maximum absolute atomic E-state index is 12.1. The molecule has 0 radical (unpaired) electrons. The Balaban J connectivity index is 2.08. The van der Waals surface area contributed by atoms with Crippen LogP contribution < -0.4 is 10.5 Å². The molecule has 0 unspecified atom stereocenters. The van der Waals surface area contributed by atoms with Crippen LogP contribution in [0.1, 0.15) is 58.2 Å². The summed E-state index contributed by atoms with van der Waals surface area (Å²) in [4.78, 5) is 16.7. The zero-order chi connectivity index (χ0) is 19.9. The quantitative estimate of drug-likeness (QED) is 0.571. The lowest BCUT2D eigenvalue weighted by molar-refractivity contribution is -0.121. The standard InChI is InChI=1S/C19H30N4O3S/c1-3-5-6-7-12-21-19(24)11-10-18-22-16-14-15(27(20,25)26)8-9-17(16)23(18)13-4-2/h8-9,14H,3-7,10-13H2,1-2H3,(H,21,24)(H2,20,25,26). The molecule has 27 heavy (non-hydrogen) atoms. The van der Waals surface area contributed by atoms with Gasteiger partial charge < -0.3 is 9.88 Å². The lowest BCUT2D eigenvalue weighted by Crippen LogP contribution is -2.25. The lowest BCUT2D eigenvalue weighted by Gasteiger charge is -2.08. The molecular formula is C19H30N4O3S. The van der Waals surface area contributed by atoms with E-state index in [0.717, 1.165) is 37.1 Å². The van der Waals surface area contributed by atoms with E-state index < -0.39 is 10.0 Å². The molecular weight excluding hydrogens is 364 g/mol. The van der Waals surface area contributed by atoms with Gasteiger partial charge in [0.05, 0.1) is 15.9 Å². The van der Waals surface area contributed by atoms with Crippen molar-refractivity contribution in [3.63, 3.8) is 0 Å². The van der Waals surface area contributed by atoms with E-state index >= 15 is 0 Å². The molecule has 0 bridgehead atoms. The normalized spacial score (nSPS) is 11.8. The molecule has 0 fully saturated rings. The van der Waals surface area contributed by atoms with Gasteiger partial charge in [-0.05, 0) is 31.0 Å². The number of hydrogen-bond acceptors (Lipinski definition) is 4. The first-order chi connectivity index (χ1) is 12.9. The molecule has 8 heteroatoms. The zero-order valence-electron chi connectivity index (χ0n) is 16.2. The Bertz CT molecular complexity index is 874. The van der Waals surface area contributed by atoms with Crippen LogP contribution in [0.4, 0.5) is 0 Å². The third-order valence-corrected chi connectivity index (χ3v) is 5.41. The second-order valence-corrected chi connectivity index (χ2v) is 8.35. The van der Waals surface area contributed by atoms with Crippen molar-refractivity contribution in [2.24, 2.45) is 5.14 Å². The smallest absolute Gasteiger partial charge is 0.238 e. The predicted molar refractivity (Wildman–Crippen MR) is 107 cm³/mol. The number of nitrogens with zero attached hydrogens (tertiary/aromatic N) is 2. The summed E-state index contributed by atoms with van der Waals surface area (Å²) >= 11 is 0. The Morgan fingerprint density at radius 3 is 2.63 bits per heavy atom. The second kappa shape index (κ2) is 9.85. The highest BCUT2D eigenvalue weighted by Crippen LogP contribution is 2.21. The zero-order valence-corrected chi connectivity index (χ0v) is 17.0. The van der Waals surface area contributed by atoms with Crippen molar-refractivity contribution in [3.8, 4) is 0 Å². The van der Waals surface area contributed by atoms with Gasteiger partial charge in [0.15, 0.2) is 0 Å². The van der Waals surface area contributed by atoms with Crippen LogP contribution in [0.25, 0.3) is 11.0 Å². The molecule has 2 aromatic rings. The number of primary sulfonamides is 1. The summed E-state index contributed by atoms with van der Waals surface area (Å²) in [5.41, 5.74) is 1.45. The van der Waals surface area contributed by atoms with Gasteiger partial charge >= 0.3 is 0 Å². The number of nitrogens with one attached hydrogen (secondary N) is 1. The minimum Gasteiger partial charge on any atom is -0.356 e. The average Bonchev–Trinajstić information content (AvgIpc) is 2.96. The number of carbonyl (C=O) groups is 1. The van der Waals surface area contributed by atoms with Gasteiger partial charge in [-0.2, -0.15) is 0 Å². The summed E-state index contributed by atoms with van der Waals surface area (Å²) in [6.07, 6.45) is 6.30. The van der Waals surface area contributed by atoms with Gasteiger partial charge in [-0.1, -0.05) is 33.1 Å². The fourth-order valence-corrected chi connectivity index (χ4v) is 3.63. The summed E-state index contributed by atoms with van der Waals surface area (Å²) in [5, 5.41) is 8.17. The second-order valence-electron chi connectivity index (χ2n) is 6.79. The van der Waals surface area contributed by atoms with Crippen LogP contribution in [0.2, 0.25) is 0 Å². The van der Waals surface area contributed by atoms with E-state index in [-0.39, 0.29) is 10.8 Å². The average molecular weight is 395 g/mol. The Morgan fingerprint density at radius 1 is 1.19 bits per heavy atom. The van der Waals surface area contributed by atoms with Crippen molar-refractivity contribution in [3.05, 3.63) is 24.0 Å². The maximum Gasteiger partial charge on any atom is 0.238 e. The molecule has 1 aromatic heterocycles. The van der Waals surface area contributed by atoms with Gasteiger partial charge in [-0.25, -0.2) is 18.5 Å². The Hall–Kier alpha value is -1.93. The molecule has 0 aliphatic heterocycles. The van der Waals surface area contributed by atoms with Crippen molar-refractivity contribution >= 4 is 27.0 Å². The summed E-state index contributed by atoms with van der Waals surface area (Å²) in [6.45, 7) is 5.70. The fraction of sp³-hybridized carbons (Fsp3) is 0.579. The predicted octanol–water partition coefficient (Wildman–Crippen LogP) is 2.72. The Kier molecular flexibility index (Phi) is 7.79. The van der Waals surface area contributed by atoms with E-state index in [1.54, 1.807) is 6.07 Å². The number of rotatable bonds is 11. The molecule has 1 heterocycles. The molecule has 0 saturated carbocycles. The molecule has 0 aliphatic carbocycles. The molecule has 1 aromatic carbocycles. The molecule has 0 saturated heterocycles. The van der Waals surface area contributed by atoms with E-state index in [1.165, 1.54) is 25.0 Å². The van der Waals surface area contributed by atoms with Crippen LogP contribution in [0, 0.1) is 0 Å². The van der Waals surface area contributed by atoms with Gasteiger partial charge in [0.2, 0.25) is 15.9 Å². The van der Waals surface area contributed by atoms with Gasteiger partial charge in [0.25, 0.3) is 0 Å². The highest BCUT2D eigenvalue weighted by molar-refractivity contribution is 7.89. The molecule has 1 amide bonds. The number of unbranched alkanes of at least 4 members (excludes halogenated alkanes) is 3. The molecule has 150 valence electrons. The van der Waals surface area contributed by atoms with Crippen molar-refractivity contribution < 1.29 is 13.2 Å². The molecule has 0 aliphatic rings. The molecule has 3 N–H and O–H groups in total. The van der Waals surface area contributed by atoms with Crippen molar-refractivity contribution in [1.29, 1.82) is 0 Å². The van der Waals surface area contributed by atoms with Crippen molar-refractivity contribution in [1.82, 2.24) is 14.9 Å². The number of nitrogens with two attached hydrogens (primary N) is 1. The third-order valence-electron chi connectivity index (χ3n) is 4.50. The summed E-state index contributed by atoms with van der Waals surface area (Å²) in [5.74, 6) is 0.811. The summed E-state index contributed by atoms with van der Waals surface area (Å²) in [7, 11) is -3.77. The minimum absolute atomic E-state index is 0.0202. The lowest BCUT2D eigenvalue weighted by atomic mass is 10.2. The highest BCUT2D eigenvalue weighted by Gasteiger charge is 2.15. The van der Waals surface area contributed by atoms with Gasteiger partial charge in [0.1, 0.15) is 5.82 Å². The van der Waals surface area contributed by atoms with Crippen molar-refractivity contribution in [2.45, 2.75) is 70.2 Å². The Morgan fingerprint density at radius 2 is 1.96 bits per heavy atom. The number of aromatic nitrogens is 2. The van der Waals surface area contributed by atoms with Crippen LogP contribution in [0.5, 0.6) is 0 Å². The fourth-order valence-electron chi connectivity index (χ4n) is 3.09. The topological polar surface area (TPSA) is 107 Å². The number of benzene rings is 1. The number of hydrogen-bond donors (Lipinski definition) is 2. The van der Waals surface area contributed by atoms with E-state index in [1.807, 2.05) is 0 Å². The third kappa shape index (κ3) is 6.04. The molecule has 0 atom stereocenters. The van der Waals surface area contributed by atoms with E-state index in [4.69, 9.17) is 5.14 Å². The summed E-state index contributed by atoms with van der Waals surface area (Å²) < 4.78 is 25.2. The van der Waals surface area contributed by atoms with Crippen LogP contribution >= 0.6 is 0 Å². The molecule has 2 rings (SSSR count). The number of amides is 1. The van der Waals surface area contributed by atoms with Crippen LogP contribution in [0.15, 0.2) is 23.1 Å². The highest BCUT2D eigenvalue weighted by atomic mass is 32.2. The van der Waals surface area contributed by atoms with E-state index in [2.05, 4.69) is 28.7 Å². The van der Waals surface area contributed by atoms with Gasteiger partial charge in [0, 0.05) is 25.9 Å². The molecule has 0 spiro atoms. The monoisotopic (exact) mass is 394 g/mol. The number of carbonyl (C=O) groups excluding carboxylic acids is 1. The van der Waals surface area contributed by atoms with Gasteiger partial charge in [-0.3, -0.25) is 4.79 Å². The Labute approximate surface area is 161 Å².